The molecule has 0 unspecified atom stereocenters. The first-order valence-corrected chi connectivity index (χ1v) is 13.5. The number of ether oxygens (including phenoxy) is 1. The number of oxime groups is 1. The van der Waals surface area contributed by atoms with Crippen LogP contribution in [-0.4, -0.2) is 52.4 Å². The predicted molar refractivity (Wildman–Crippen MR) is 150 cm³/mol. The van der Waals surface area contributed by atoms with Crippen molar-refractivity contribution in [1.82, 2.24) is 14.5 Å². The van der Waals surface area contributed by atoms with E-state index in [0.717, 1.165) is 59.1 Å². The summed E-state index contributed by atoms with van der Waals surface area (Å²) in [6, 6.07) is 11.5. The lowest BCUT2D eigenvalue weighted by atomic mass is 9.96. The average molecular weight is 553 g/mol. The number of amidine groups is 1. The fourth-order valence-corrected chi connectivity index (χ4v) is 5.48. The number of piperidine rings is 1. The highest BCUT2D eigenvalue weighted by Crippen LogP contribution is 2.30. The number of Topliss-reactive ketones (excluding diaryl/α,β-unsaturated/α-hetero) is 1. The summed E-state index contributed by atoms with van der Waals surface area (Å²) >= 11 is 12.2. The zero-order valence-corrected chi connectivity index (χ0v) is 23.0. The number of carbonyl (C=O) groups is 1. The molecule has 0 spiro atoms. The first-order chi connectivity index (χ1) is 18.4. The molecule has 2 aliphatic rings. The monoisotopic (exact) mass is 552 g/mol. The molecule has 0 radical (unpaired) electrons. The molecule has 5 rings (SSSR count). The van der Waals surface area contributed by atoms with Gasteiger partial charge in [0, 0.05) is 35.6 Å². The maximum absolute atomic E-state index is 12.7. The van der Waals surface area contributed by atoms with E-state index in [9.17, 15) is 4.79 Å². The predicted octanol–water partition coefficient (Wildman–Crippen LogP) is 6.28. The van der Waals surface area contributed by atoms with Crippen LogP contribution in [0, 0.1) is 6.92 Å². The second-order valence-corrected chi connectivity index (χ2v) is 10.5. The van der Waals surface area contributed by atoms with Gasteiger partial charge in [0.05, 0.1) is 30.9 Å². The van der Waals surface area contributed by atoms with E-state index in [1.807, 2.05) is 35.9 Å². The van der Waals surface area contributed by atoms with Gasteiger partial charge in [-0.3, -0.25) is 4.79 Å². The van der Waals surface area contributed by atoms with Gasteiger partial charge in [-0.25, -0.2) is 4.98 Å². The SMILES string of the molecule is COc1cc(/C=C2\CCCN3C2=NOC[C@@H]3CCC(=O)Cc2ccc(Cl)cc2Cl)ccc1-n1cnc(C)c1. The third kappa shape index (κ3) is 5.89. The Hall–Kier alpha value is -3.29. The number of hydrogen-bond donors (Lipinski definition) is 0. The Morgan fingerprint density at radius 2 is 2.11 bits per heavy atom. The van der Waals surface area contributed by atoms with Crippen LogP contribution in [0.3, 0.4) is 0 Å². The van der Waals surface area contributed by atoms with E-state index in [0.29, 0.717) is 35.9 Å². The topological polar surface area (TPSA) is 69.0 Å². The van der Waals surface area contributed by atoms with Crippen LogP contribution in [0.2, 0.25) is 10.0 Å². The van der Waals surface area contributed by atoms with Crippen molar-refractivity contribution in [2.75, 3.05) is 20.3 Å². The van der Waals surface area contributed by atoms with E-state index in [2.05, 4.69) is 27.2 Å². The number of aromatic nitrogens is 2. The number of nitrogens with zero attached hydrogens (tertiary/aromatic N) is 4. The summed E-state index contributed by atoms with van der Waals surface area (Å²) in [5.41, 5.74) is 4.83. The van der Waals surface area contributed by atoms with Crippen molar-refractivity contribution in [3.8, 4) is 11.4 Å². The van der Waals surface area contributed by atoms with E-state index >= 15 is 0 Å². The maximum Gasteiger partial charge on any atom is 0.171 e. The molecule has 0 amide bonds. The molecule has 0 bridgehead atoms. The highest BCUT2D eigenvalue weighted by molar-refractivity contribution is 6.35. The molecular formula is C29H30Cl2N4O3. The highest BCUT2D eigenvalue weighted by atomic mass is 35.5. The Balaban J connectivity index is 1.27. The van der Waals surface area contributed by atoms with Crippen LogP contribution in [-0.2, 0) is 16.1 Å². The Morgan fingerprint density at radius 1 is 1.24 bits per heavy atom. The fraction of sp³-hybridized carbons (Fsp3) is 0.345. The number of fused-ring (bicyclic) bond motifs is 1. The van der Waals surface area contributed by atoms with Crippen molar-refractivity contribution in [2.24, 2.45) is 5.16 Å². The second-order valence-electron chi connectivity index (χ2n) is 9.67. The minimum atomic E-state index is 0.0947. The highest BCUT2D eigenvalue weighted by Gasteiger charge is 2.32. The van der Waals surface area contributed by atoms with Crippen molar-refractivity contribution < 1.29 is 14.4 Å². The standard InChI is InChI=1S/C29H30Cl2N4O3/c1-19-16-34(18-32-19)27-10-5-20(13-28(27)37-2)12-22-4-3-11-35-24(17-38-33-29(22)35)8-9-25(36)14-21-6-7-23(30)15-26(21)31/h5-7,10,12-13,15-16,18,24H,3-4,8-9,11,14,17H2,1-2H3/b22-12+/t24-/m0/s1. The number of methoxy groups -OCH3 is 1. The van der Waals surface area contributed by atoms with Crippen molar-refractivity contribution in [3.63, 3.8) is 0 Å². The van der Waals surface area contributed by atoms with E-state index < -0.39 is 0 Å². The number of benzene rings is 2. The van der Waals surface area contributed by atoms with Gasteiger partial charge in [0.25, 0.3) is 0 Å². The van der Waals surface area contributed by atoms with Crippen molar-refractivity contribution in [3.05, 3.63) is 81.4 Å². The molecule has 7 nitrogen and oxygen atoms in total. The molecule has 0 aliphatic carbocycles. The van der Waals surface area contributed by atoms with Crippen molar-refractivity contribution in [1.29, 1.82) is 0 Å². The van der Waals surface area contributed by atoms with E-state index in [-0.39, 0.29) is 11.8 Å². The molecule has 38 heavy (non-hydrogen) atoms. The van der Waals surface area contributed by atoms with Crippen LogP contribution in [0.4, 0.5) is 0 Å². The minimum absolute atomic E-state index is 0.0947. The molecular weight excluding hydrogens is 523 g/mol. The molecule has 1 aromatic heterocycles. The van der Waals surface area contributed by atoms with Gasteiger partial charge >= 0.3 is 0 Å². The molecule has 1 saturated heterocycles. The fourth-order valence-electron chi connectivity index (χ4n) is 5.00. The van der Waals surface area contributed by atoms with Gasteiger partial charge in [-0.05, 0) is 73.2 Å². The van der Waals surface area contributed by atoms with Gasteiger partial charge in [0.15, 0.2) is 5.84 Å². The van der Waals surface area contributed by atoms with Gasteiger partial charge in [0.2, 0.25) is 0 Å². The summed E-state index contributed by atoms with van der Waals surface area (Å²) in [6.45, 7) is 3.32. The number of ketones is 1. The summed E-state index contributed by atoms with van der Waals surface area (Å²) in [6.07, 6.45) is 9.27. The van der Waals surface area contributed by atoms with E-state index in [1.165, 1.54) is 0 Å². The Morgan fingerprint density at radius 3 is 2.87 bits per heavy atom. The van der Waals surface area contributed by atoms with Crippen molar-refractivity contribution >= 4 is 40.9 Å². The summed E-state index contributed by atoms with van der Waals surface area (Å²) in [5, 5.41) is 5.51. The number of hydrogen-bond acceptors (Lipinski definition) is 6. The van der Waals surface area contributed by atoms with Crippen LogP contribution < -0.4 is 4.74 Å². The second kappa shape index (κ2) is 11.6. The van der Waals surface area contributed by atoms with Crippen molar-refractivity contribution in [2.45, 2.75) is 45.1 Å². The quantitative estimate of drug-likeness (QED) is 0.329. The normalized spacial score (nSPS) is 18.1. The van der Waals surface area contributed by atoms with E-state index in [4.69, 9.17) is 32.8 Å². The van der Waals surface area contributed by atoms with Gasteiger partial charge in [-0.15, -0.1) is 0 Å². The van der Waals surface area contributed by atoms with Gasteiger partial charge in [0.1, 0.15) is 18.1 Å². The summed E-state index contributed by atoms with van der Waals surface area (Å²) in [7, 11) is 1.67. The van der Waals surface area contributed by atoms with Gasteiger partial charge < -0.3 is 19.0 Å². The lowest BCUT2D eigenvalue weighted by molar-refractivity contribution is -0.118. The number of halogens is 2. The zero-order chi connectivity index (χ0) is 26.6. The summed E-state index contributed by atoms with van der Waals surface area (Å²) < 4.78 is 7.64. The summed E-state index contributed by atoms with van der Waals surface area (Å²) in [5.74, 6) is 1.77. The Kier molecular flexibility index (Phi) is 8.05. The minimum Gasteiger partial charge on any atom is -0.495 e. The number of rotatable bonds is 8. The van der Waals surface area contributed by atoms with Crippen LogP contribution in [0.25, 0.3) is 11.8 Å². The summed E-state index contributed by atoms with van der Waals surface area (Å²) in [4.78, 5) is 25.0. The van der Waals surface area contributed by atoms with E-state index in [1.54, 1.807) is 25.6 Å². The van der Waals surface area contributed by atoms with Gasteiger partial charge in [-0.2, -0.15) is 0 Å². The van der Waals surface area contributed by atoms with Crippen LogP contribution in [0.15, 0.2) is 59.7 Å². The van der Waals surface area contributed by atoms with Crippen LogP contribution >= 0.6 is 23.2 Å². The average Bonchev–Trinajstić information content (AvgIpc) is 3.35. The van der Waals surface area contributed by atoms with Crippen LogP contribution in [0.1, 0.15) is 42.5 Å². The molecule has 0 saturated carbocycles. The third-order valence-electron chi connectivity index (χ3n) is 6.96. The maximum atomic E-state index is 12.7. The molecule has 0 N–H and O–H groups in total. The molecule has 3 aromatic rings. The lowest BCUT2D eigenvalue weighted by Crippen LogP contribution is -2.49. The first kappa shape index (κ1) is 26.3. The third-order valence-corrected chi connectivity index (χ3v) is 7.54. The molecule has 9 heteroatoms. The molecule has 1 atom stereocenters. The first-order valence-electron chi connectivity index (χ1n) is 12.7. The molecule has 2 aromatic carbocycles. The van der Waals surface area contributed by atoms with Gasteiger partial charge in [-0.1, -0.05) is 40.5 Å². The largest absolute Gasteiger partial charge is 0.495 e. The lowest BCUT2D eigenvalue weighted by Gasteiger charge is -2.40. The molecule has 198 valence electrons. The smallest absolute Gasteiger partial charge is 0.171 e. The number of aryl methyl sites for hydroxylation is 1. The number of carbonyl (C=O) groups excluding carboxylic acids is 1. The molecule has 2 aliphatic heterocycles. The van der Waals surface area contributed by atoms with Crippen LogP contribution in [0.5, 0.6) is 5.75 Å². The Bertz CT molecular complexity index is 1400. The Labute approximate surface area is 232 Å². The zero-order valence-electron chi connectivity index (χ0n) is 21.5. The molecule has 3 heterocycles. The molecule has 1 fully saturated rings. The number of imidazole rings is 1.